The highest BCUT2D eigenvalue weighted by molar-refractivity contribution is 8.02. The van der Waals surface area contributed by atoms with Crippen molar-refractivity contribution in [3.05, 3.63) is 35.1 Å². The monoisotopic (exact) mass is 536 g/mol. The number of carbonyl (C=O) groups is 5. The summed E-state index contributed by atoms with van der Waals surface area (Å²) in [5.74, 6) is -4.05. The summed E-state index contributed by atoms with van der Waals surface area (Å²) >= 11 is 0.944. The minimum absolute atomic E-state index is 0.0418. The van der Waals surface area contributed by atoms with Gasteiger partial charge in [0.1, 0.15) is 35.0 Å². The van der Waals surface area contributed by atoms with Crippen molar-refractivity contribution in [2.24, 2.45) is 11.8 Å². The lowest BCUT2D eigenvalue weighted by Crippen LogP contribution is -2.57. The molecule has 11 nitrogen and oxygen atoms in total. The van der Waals surface area contributed by atoms with E-state index in [0.717, 1.165) is 11.8 Å². The number of ether oxygens (including phenoxy) is 1. The van der Waals surface area contributed by atoms with E-state index in [2.05, 4.69) is 21.3 Å². The van der Waals surface area contributed by atoms with E-state index in [1.54, 1.807) is 40.7 Å². The summed E-state index contributed by atoms with van der Waals surface area (Å²) in [5.41, 5.74) is -0.117. The van der Waals surface area contributed by atoms with Gasteiger partial charge in [-0.2, -0.15) is 0 Å². The minimum Gasteiger partial charge on any atom is -0.502 e. The van der Waals surface area contributed by atoms with Crippen molar-refractivity contribution in [3.63, 3.8) is 0 Å². The van der Waals surface area contributed by atoms with Gasteiger partial charge in [-0.3, -0.25) is 19.2 Å². The number of thioether (sulfide) groups is 1. The molecule has 4 atom stereocenters. The molecule has 4 amide bonds. The quantitative estimate of drug-likeness (QED) is 0.200. The van der Waals surface area contributed by atoms with Crippen LogP contribution in [-0.4, -0.2) is 64.7 Å². The molecule has 12 heteroatoms. The molecule has 0 aromatic carbocycles. The fourth-order valence-electron chi connectivity index (χ4n) is 3.59. The third-order valence-corrected chi connectivity index (χ3v) is 6.69. The van der Waals surface area contributed by atoms with Crippen molar-refractivity contribution in [2.45, 2.75) is 71.7 Å². The first kappa shape index (κ1) is 29.9. The molecule has 2 bridgehead atoms. The molecule has 1 unspecified atom stereocenters. The summed E-state index contributed by atoms with van der Waals surface area (Å²) in [6, 6.07) is -3.19. The lowest BCUT2D eigenvalue weighted by atomic mass is 10.0. The molecule has 204 valence electrons. The lowest BCUT2D eigenvalue weighted by Gasteiger charge is -2.27. The maximum absolute atomic E-state index is 13.2. The Hall–Kier alpha value is -3.28. The number of aliphatic hydroxyl groups excluding tert-OH is 1. The van der Waals surface area contributed by atoms with Crippen LogP contribution in [-0.2, 0) is 28.7 Å². The van der Waals surface area contributed by atoms with Crippen LogP contribution in [0.5, 0.6) is 0 Å². The van der Waals surface area contributed by atoms with Crippen LogP contribution in [0.25, 0.3) is 0 Å². The van der Waals surface area contributed by atoms with Crippen LogP contribution in [0, 0.1) is 11.8 Å². The predicted octanol–water partition coefficient (Wildman–Crippen LogP) is 1.18. The standard InChI is InChI=1S/C25H36N4O7S/c1-6-16-22(32)29-21(14(4)5)25(35)36-15-9-7-8-10-19(31)37-12-17(23(33)26-16)27-24(34)20(13(2)3)28-18(30)11-15/h6-7,9-10,13-15,17,20-21,31H,8,11-12H2,1-5H3,(H,26,33)(H,27,34)(H,28,30)(H,29,32)/b9-7+,16-6-,19-10-/t15-,17-,20-,21?/m1/s1. The van der Waals surface area contributed by atoms with Gasteiger partial charge in [-0.05, 0) is 37.3 Å². The Labute approximate surface area is 220 Å². The maximum atomic E-state index is 13.2. The van der Waals surface area contributed by atoms with Crippen LogP contribution >= 0.6 is 11.8 Å². The summed E-state index contributed by atoms with van der Waals surface area (Å²) in [5, 5.41) is 20.6. The SMILES string of the molecule is C/C=C1\NC(=O)[C@H]2CS/C(O)=C\C/C=C/[C@H](CC(=O)N[C@H](C(C)C)C(=O)N2)OC(=O)C(C(C)C)NC1=O. The van der Waals surface area contributed by atoms with Gasteiger partial charge in [0.15, 0.2) is 0 Å². The number of nitrogens with one attached hydrogen (secondary N) is 4. The largest absolute Gasteiger partial charge is 0.502 e. The average molecular weight is 537 g/mol. The Kier molecular flexibility index (Phi) is 11.2. The van der Waals surface area contributed by atoms with Crippen molar-refractivity contribution >= 4 is 41.4 Å². The number of amides is 4. The normalized spacial score (nSPS) is 30.4. The molecule has 2 rings (SSSR count). The van der Waals surface area contributed by atoms with Gasteiger partial charge < -0.3 is 31.1 Å². The maximum Gasteiger partial charge on any atom is 0.329 e. The van der Waals surface area contributed by atoms with E-state index in [1.165, 1.54) is 18.2 Å². The van der Waals surface area contributed by atoms with Crippen molar-refractivity contribution in [1.29, 1.82) is 0 Å². The highest BCUT2D eigenvalue weighted by atomic mass is 32.2. The summed E-state index contributed by atoms with van der Waals surface area (Å²) in [7, 11) is 0. The minimum atomic E-state index is -1.15. The molecular formula is C25H36N4O7S. The van der Waals surface area contributed by atoms with E-state index >= 15 is 0 Å². The van der Waals surface area contributed by atoms with Crippen LogP contribution in [0.15, 0.2) is 35.1 Å². The van der Waals surface area contributed by atoms with Crippen LogP contribution < -0.4 is 21.3 Å². The Morgan fingerprint density at radius 2 is 1.68 bits per heavy atom. The topological polar surface area (TPSA) is 163 Å². The summed E-state index contributed by atoms with van der Waals surface area (Å²) in [6.07, 6.45) is 5.03. The first-order valence-electron chi connectivity index (χ1n) is 12.2. The van der Waals surface area contributed by atoms with Gasteiger partial charge in [0.05, 0.1) is 6.42 Å². The summed E-state index contributed by atoms with van der Waals surface area (Å²) in [4.78, 5) is 65.2. The van der Waals surface area contributed by atoms with E-state index in [1.807, 2.05) is 0 Å². The molecule has 37 heavy (non-hydrogen) atoms. The number of esters is 1. The number of rotatable bonds is 2. The van der Waals surface area contributed by atoms with Gasteiger partial charge in [0.2, 0.25) is 17.7 Å². The number of carbonyl (C=O) groups excluding carboxylic acids is 5. The molecule has 5 N–H and O–H groups in total. The van der Waals surface area contributed by atoms with Gasteiger partial charge in [-0.25, -0.2) is 4.79 Å². The summed E-state index contributed by atoms with van der Waals surface area (Å²) in [6.45, 7) is 8.47. The van der Waals surface area contributed by atoms with Gasteiger partial charge in [0, 0.05) is 5.75 Å². The fourth-order valence-corrected chi connectivity index (χ4v) is 4.38. The third-order valence-electron chi connectivity index (χ3n) is 5.73. The first-order valence-corrected chi connectivity index (χ1v) is 13.2. The number of hydrogen-bond acceptors (Lipinski definition) is 8. The molecule has 0 spiro atoms. The molecule has 0 aromatic heterocycles. The zero-order chi connectivity index (χ0) is 27.7. The molecule has 1 fully saturated rings. The van der Waals surface area contributed by atoms with Gasteiger partial charge in [-0.15, -0.1) is 0 Å². The number of hydrogen-bond donors (Lipinski definition) is 5. The number of aliphatic hydroxyl groups is 1. The molecule has 0 radical (unpaired) electrons. The van der Waals surface area contributed by atoms with E-state index in [0.29, 0.717) is 0 Å². The van der Waals surface area contributed by atoms with Crippen molar-refractivity contribution in [3.8, 4) is 0 Å². The molecule has 2 aliphatic rings. The molecule has 0 aromatic rings. The highest BCUT2D eigenvalue weighted by Crippen LogP contribution is 2.17. The molecule has 0 saturated carbocycles. The Morgan fingerprint density at radius 3 is 2.30 bits per heavy atom. The lowest BCUT2D eigenvalue weighted by molar-refractivity contribution is -0.153. The average Bonchev–Trinajstić information content (AvgIpc) is 2.82. The predicted molar refractivity (Wildman–Crippen MR) is 139 cm³/mol. The molecule has 1 saturated heterocycles. The van der Waals surface area contributed by atoms with Gasteiger partial charge in [-0.1, -0.05) is 51.6 Å². The van der Waals surface area contributed by atoms with Crippen molar-refractivity contribution in [1.82, 2.24) is 21.3 Å². The molecule has 0 aliphatic carbocycles. The third kappa shape index (κ3) is 8.96. The van der Waals surface area contributed by atoms with Crippen LogP contribution in [0.2, 0.25) is 0 Å². The van der Waals surface area contributed by atoms with Crippen molar-refractivity contribution in [2.75, 3.05) is 5.75 Å². The second-order valence-corrected chi connectivity index (χ2v) is 10.5. The molecular weight excluding hydrogens is 500 g/mol. The fraction of sp³-hybridized carbons (Fsp3) is 0.560. The molecule has 2 aliphatic heterocycles. The second-order valence-electron chi connectivity index (χ2n) is 9.43. The number of allylic oxidation sites excluding steroid dienone is 3. The summed E-state index contributed by atoms with van der Waals surface area (Å²) < 4.78 is 5.60. The second kappa shape index (κ2) is 13.9. The number of fused-ring (bicyclic) bond motifs is 7. The zero-order valence-electron chi connectivity index (χ0n) is 21.7. The highest BCUT2D eigenvalue weighted by Gasteiger charge is 2.33. The van der Waals surface area contributed by atoms with E-state index in [4.69, 9.17) is 4.74 Å². The first-order chi connectivity index (χ1) is 17.4. The van der Waals surface area contributed by atoms with Crippen LogP contribution in [0.4, 0.5) is 0 Å². The van der Waals surface area contributed by atoms with Gasteiger partial charge >= 0.3 is 5.97 Å². The van der Waals surface area contributed by atoms with Crippen LogP contribution in [0.1, 0.15) is 47.5 Å². The van der Waals surface area contributed by atoms with Crippen molar-refractivity contribution < 1.29 is 33.8 Å². The van der Waals surface area contributed by atoms with Gasteiger partial charge in [0.25, 0.3) is 5.91 Å². The van der Waals surface area contributed by atoms with E-state index in [9.17, 15) is 29.1 Å². The smallest absolute Gasteiger partial charge is 0.329 e. The zero-order valence-corrected chi connectivity index (χ0v) is 22.5. The Morgan fingerprint density at radius 1 is 1.00 bits per heavy atom. The Balaban J connectivity index is 2.62. The molecule has 2 heterocycles. The van der Waals surface area contributed by atoms with Crippen LogP contribution in [0.3, 0.4) is 0 Å². The van der Waals surface area contributed by atoms with E-state index in [-0.39, 0.29) is 41.2 Å². The van der Waals surface area contributed by atoms with E-state index < -0.39 is 53.8 Å². The Bertz CT molecular complexity index is 990.